The van der Waals surface area contributed by atoms with E-state index in [9.17, 15) is 14.0 Å². The summed E-state index contributed by atoms with van der Waals surface area (Å²) in [6, 6.07) is 5.52. The van der Waals surface area contributed by atoms with Crippen molar-refractivity contribution >= 4 is 17.6 Å². The van der Waals surface area contributed by atoms with Gasteiger partial charge in [0.25, 0.3) is 0 Å². The maximum Gasteiger partial charge on any atom is 0.317 e. The summed E-state index contributed by atoms with van der Waals surface area (Å²) in [5.74, 6) is -0.385. The molecule has 2 saturated heterocycles. The minimum Gasteiger partial charge on any atom is -0.333 e. The van der Waals surface area contributed by atoms with Gasteiger partial charge in [-0.25, -0.2) is 9.18 Å². The molecule has 3 amide bonds. The number of piperazine rings is 1. The van der Waals surface area contributed by atoms with Crippen LogP contribution in [0.1, 0.15) is 13.3 Å². The molecule has 1 aromatic carbocycles. The van der Waals surface area contributed by atoms with Crippen molar-refractivity contribution in [2.24, 2.45) is 0 Å². The Labute approximate surface area is 141 Å². The third-order valence-corrected chi connectivity index (χ3v) is 4.70. The molecule has 1 atom stereocenters. The molecule has 0 unspecified atom stereocenters. The second-order valence-corrected chi connectivity index (χ2v) is 6.25. The van der Waals surface area contributed by atoms with Crippen molar-refractivity contribution in [3.63, 3.8) is 0 Å². The minimum absolute atomic E-state index is 0.0530. The number of anilines is 1. The van der Waals surface area contributed by atoms with Crippen LogP contribution in [0.2, 0.25) is 0 Å². The second kappa shape index (κ2) is 7.17. The average molecular weight is 334 g/mol. The summed E-state index contributed by atoms with van der Waals surface area (Å²) in [4.78, 5) is 30.2. The number of carbonyl (C=O) groups is 2. The smallest absolute Gasteiger partial charge is 0.317 e. The van der Waals surface area contributed by atoms with Gasteiger partial charge >= 0.3 is 6.03 Å². The van der Waals surface area contributed by atoms with E-state index in [0.29, 0.717) is 25.3 Å². The third-order valence-electron chi connectivity index (χ3n) is 4.70. The highest BCUT2D eigenvalue weighted by Crippen LogP contribution is 2.22. The molecule has 130 valence electrons. The van der Waals surface area contributed by atoms with E-state index in [1.54, 1.807) is 21.9 Å². The molecule has 2 aliphatic heterocycles. The van der Waals surface area contributed by atoms with Crippen LogP contribution in [0.4, 0.5) is 14.9 Å². The first-order chi connectivity index (χ1) is 11.6. The van der Waals surface area contributed by atoms with Gasteiger partial charge in [-0.1, -0.05) is 6.92 Å². The zero-order valence-electron chi connectivity index (χ0n) is 13.9. The fourth-order valence-electron chi connectivity index (χ4n) is 3.21. The van der Waals surface area contributed by atoms with Crippen molar-refractivity contribution in [1.29, 1.82) is 0 Å². The summed E-state index contributed by atoms with van der Waals surface area (Å²) in [7, 11) is 0. The van der Waals surface area contributed by atoms with Crippen molar-refractivity contribution in [3.8, 4) is 0 Å². The van der Waals surface area contributed by atoms with Crippen molar-refractivity contribution in [1.82, 2.24) is 15.1 Å². The van der Waals surface area contributed by atoms with E-state index in [1.807, 2.05) is 0 Å². The molecule has 2 fully saturated rings. The largest absolute Gasteiger partial charge is 0.333 e. The summed E-state index contributed by atoms with van der Waals surface area (Å²) in [6.07, 6.45) is 0.276. The van der Waals surface area contributed by atoms with Gasteiger partial charge in [-0.15, -0.1) is 0 Å². The van der Waals surface area contributed by atoms with Crippen LogP contribution >= 0.6 is 0 Å². The fourth-order valence-corrected chi connectivity index (χ4v) is 3.21. The van der Waals surface area contributed by atoms with Gasteiger partial charge in [0.15, 0.2) is 0 Å². The summed E-state index contributed by atoms with van der Waals surface area (Å²) in [5.41, 5.74) is 0.662. The molecule has 6 nitrogen and oxygen atoms in total. The lowest BCUT2D eigenvalue weighted by atomic mass is 10.2. The third kappa shape index (κ3) is 3.67. The SMILES string of the molecule is CCN1CCN(C(=O)N[C@H]2CC(=O)N(c3ccc(F)cc3)C2)CC1. The zero-order valence-corrected chi connectivity index (χ0v) is 13.9. The van der Waals surface area contributed by atoms with Crippen LogP contribution < -0.4 is 10.2 Å². The molecule has 7 heteroatoms. The number of likely N-dealkylation sites (N-methyl/N-ethyl adjacent to an activating group) is 1. The Morgan fingerprint density at radius 1 is 1.21 bits per heavy atom. The van der Waals surface area contributed by atoms with Crippen LogP contribution in [0.3, 0.4) is 0 Å². The first-order valence-corrected chi connectivity index (χ1v) is 8.40. The molecule has 24 heavy (non-hydrogen) atoms. The highest BCUT2D eigenvalue weighted by atomic mass is 19.1. The van der Waals surface area contributed by atoms with Crippen molar-refractivity contribution < 1.29 is 14.0 Å². The molecule has 0 spiro atoms. The van der Waals surface area contributed by atoms with Crippen molar-refractivity contribution in [2.75, 3.05) is 44.2 Å². The normalized spacial score (nSPS) is 22.1. The maximum atomic E-state index is 13.0. The summed E-state index contributed by atoms with van der Waals surface area (Å²) >= 11 is 0. The van der Waals surface area contributed by atoms with Gasteiger partial charge < -0.3 is 20.0 Å². The Hall–Kier alpha value is -2.15. The average Bonchev–Trinajstić information content (AvgIpc) is 2.96. The molecule has 0 saturated carbocycles. The van der Waals surface area contributed by atoms with Gasteiger partial charge in [-0.3, -0.25) is 4.79 Å². The highest BCUT2D eigenvalue weighted by molar-refractivity contribution is 5.96. The lowest BCUT2D eigenvalue weighted by molar-refractivity contribution is -0.117. The number of carbonyl (C=O) groups excluding carboxylic acids is 2. The van der Waals surface area contributed by atoms with E-state index in [1.165, 1.54) is 12.1 Å². The van der Waals surface area contributed by atoms with Crippen LogP contribution in [-0.2, 0) is 4.79 Å². The van der Waals surface area contributed by atoms with Gasteiger partial charge in [0.2, 0.25) is 5.91 Å². The van der Waals surface area contributed by atoms with Crippen LogP contribution in [0.5, 0.6) is 0 Å². The van der Waals surface area contributed by atoms with E-state index in [2.05, 4.69) is 17.1 Å². The van der Waals surface area contributed by atoms with E-state index in [-0.39, 0.29) is 30.2 Å². The monoisotopic (exact) mass is 334 g/mol. The van der Waals surface area contributed by atoms with Gasteiger partial charge in [-0.2, -0.15) is 0 Å². The van der Waals surface area contributed by atoms with E-state index >= 15 is 0 Å². The number of nitrogens with zero attached hydrogens (tertiary/aromatic N) is 3. The molecule has 3 rings (SSSR count). The van der Waals surface area contributed by atoms with E-state index < -0.39 is 0 Å². The lowest BCUT2D eigenvalue weighted by Crippen LogP contribution is -2.53. The van der Waals surface area contributed by atoms with Crippen molar-refractivity contribution in [3.05, 3.63) is 30.1 Å². The Kier molecular flexibility index (Phi) is 4.99. The predicted molar refractivity (Wildman–Crippen MR) is 89.4 cm³/mol. The predicted octanol–water partition coefficient (Wildman–Crippen LogP) is 1.28. The number of hydrogen-bond donors (Lipinski definition) is 1. The minimum atomic E-state index is -0.332. The van der Waals surface area contributed by atoms with Gasteiger partial charge in [-0.05, 0) is 30.8 Å². The number of amides is 3. The van der Waals surface area contributed by atoms with Crippen LogP contribution in [0, 0.1) is 5.82 Å². The molecule has 2 aliphatic rings. The Morgan fingerprint density at radius 2 is 1.88 bits per heavy atom. The number of rotatable bonds is 3. The highest BCUT2D eigenvalue weighted by Gasteiger charge is 2.33. The molecule has 2 heterocycles. The first-order valence-electron chi connectivity index (χ1n) is 8.40. The molecule has 0 radical (unpaired) electrons. The lowest BCUT2D eigenvalue weighted by Gasteiger charge is -2.34. The van der Waals surface area contributed by atoms with Crippen molar-refractivity contribution in [2.45, 2.75) is 19.4 Å². The number of urea groups is 1. The second-order valence-electron chi connectivity index (χ2n) is 6.25. The molecular formula is C17H23FN4O2. The van der Waals surface area contributed by atoms with E-state index in [0.717, 1.165) is 19.6 Å². The van der Waals surface area contributed by atoms with Crippen LogP contribution in [0.25, 0.3) is 0 Å². The van der Waals surface area contributed by atoms with Gasteiger partial charge in [0.05, 0.1) is 6.04 Å². The standard InChI is InChI=1S/C17H23FN4O2/c1-2-20-7-9-21(10-8-20)17(24)19-14-11-16(23)22(12-14)15-5-3-13(18)4-6-15/h3-6,14H,2,7-12H2,1H3,(H,19,24)/t14-/m0/s1. The molecule has 1 aromatic rings. The zero-order chi connectivity index (χ0) is 17.1. The van der Waals surface area contributed by atoms with Gasteiger partial charge in [0.1, 0.15) is 5.82 Å². The van der Waals surface area contributed by atoms with Gasteiger partial charge in [0, 0.05) is 44.8 Å². The number of nitrogens with one attached hydrogen (secondary N) is 1. The van der Waals surface area contributed by atoms with Crippen LogP contribution in [0.15, 0.2) is 24.3 Å². The Morgan fingerprint density at radius 3 is 2.50 bits per heavy atom. The number of hydrogen-bond acceptors (Lipinski definition) is 3. The summed E-state index contributed by atoms with van der Waals surface area (Å²) < 4.78 is 13.0. The quantitative estimate of drug-likeness (QED) is 0.906. The molecule has 0 aromatic heterocycles. The summed E-state index contributed by atoms with van der Waals surface area (Å²) in [5, 5.41) is 2.95. The van der Waals surface area contributed by atoms with E-state index in [4.69, 9.17) is 0 Å². The number of halogens is 1. The van der Waals surface area contributed by atoms with Crippen LogP contribution in [-0.4, -0.2) is 67.0 Å². The maximum absolute atomic E-state index is 13.0. The Balaban J connectivity index is 1.54. The first kappa shape index (κ1) is 16.7. The molecule has 0 bridgehead atoms. The molecular weight excluding hydrogens is 311 g/mol. The topological polar surface area (TPSA) is 55.9 Å². The summed E-state index contributed by atoms with van der Waals surface area (Å²) in [6.45, 7) is 6.72. The fraction of sp³-hybridized carbons (Fsp3) is 0.529. The molecule has 0 aliphatic carbocycles. The molecule has 1 N–H and O–H groups in total. The Bertz CT molecular complexity index is 599. The number of benzene rings is 1.